The van der Waals surface area contributed by atoms with Crippen LogP contribution in [0.5, 0.6) is 5.75 Å². The van der Waals surface area contributed by atoms with Crippen molar-refractivity contribution < 1.29 is 27.5 Å². The van der Waals surface area contributed by atoms with Crippen molar-refractivity contribution in [3.05, 3.63) is 53.9 Å². The predicted molar refractivity (Wildman–Crippen MR) is 116 cm³/mol. The van der Waals surface area contributed by atoms with Gasteiger partial charge in [-0.25, -0.2) is 9.69 Å². The Hall–Kier alpha value is -3.10. The number of aromatic nitrogens is 1. The lowest BCUT2D eigenvalue weighted by Gasteiger charge is -2.30. The van der Waals surface area contributed by atoms with E-state index < -0.39 is 29.6 Å². The molecule has 0 radical (unpaired) electrons. The molecule has 0 spiro atoms. The van der Waals surface area contributed by atoms with Crippen LogP contribution < -0.4 is 9.64 Å². The van der Waals surface area contributed by atoms with E-state index in [1.807, 2.05) is 12.1 Å². The molecule has 0 bridgehead atoms. The molecule has 1 aromatic heterocycles. The van der Waals surface area contributed by atoms with Crippen molar-refractivity contribution in [3.63, 3.8) is 0 Å². The van der Waals surface area contributed by atoms with E-state index in [0.29, 0.717) is 5.92 Å². The first-order valence-electron chi connectivity index (χ1n) is 11.0. The summed E-state index contributed by atoms with van der Waals surface area (Å²) in [5.74, 6) is -0.490. The molecule has 0 N–H and O–H groups in total. The lowest BCUT2D eigenvalue weighted by Crippen LogP contribution is -2.44. The Labute approximate surface area is 190 Å². The first-order chi connectivity index (χ1) is 15.6. The van der Waals surface area contributed by atoms with E-state index in [2.05, 4.69) is 9.72 Å². The van der Waals surface area contributed by atoms with Crippen LogP contribution >= 0.6 is 0 Å². The Kier molecular flexibility index (Phi) is 6.07. The highest BCUT2D eigenvalue weighted by molar-refractivity contribution is 6.22. The second-order valence-electron chi connectivity index (χ2n) is 8.98. The monoisotopic (exact) mass is 461 g/mol. The molecule has 0 atom stereocenters. The number of hydrogen-bond donors (Lipinski definition) is 0. The van der Waals surface area contributed by atoms with Gasteiger partial charge in [-0.3, -0.25) is 9.78 Å². The molecule has 2 aromatic rings. The van der Waals surface area contributed by atoms with Crippen molar-refractivity contribution >= 4 is 17.6 Å². The number of pyridine rings is 1. The number of rotatable bonds is 5. The van der Waals surface area contributed by atoms with E-state index in [1.54, 1.807) is 20.0 Å². The average molecular weight is 461 g/mol. The van der Waals surface area contributed by atoms with Gasteiger partial charge in [0.2, 0.25) is 0 Å². The van der Waals surface area contributed by atoms with E-state index >= 15 is 0 Å². The Balaban J connectivity index is 1.59. The third-order valence-corrected chi connectivity index (χ3v) is 6.43. The highest BCUT2D eigenvalue weighted by Crippen LogP contribution is 2.37. The molecule has 2 fully saturated rings. The lowest BCUT2D eigenvalue weighted by atomic mass is 9.83. The third kappa shape index (κ3) is 4.67. The molecule has 2 heterocycles. The summed E-state index contributed by atoms with van der Waals surface area (Å²) < 4.78 is 41.2. The third-order valence-electron chi connectivity index (χ3n) is 6.43. The number of nitrogens with zero attached hydrogens (tertiary/aromatic N) is 3. The van der Waals surface area contributed by atoms with Gasteiger partial charge in [0, 0.05) is 6.20 Å². The number of ether oxygens (including phenoxy) is 1. The van der Waals surface area contributed by atoms with Crippen LogP contribution in [-0.2, 0) is 11.3 Å². The van der Waals surface area contributed by atoms with Crippen LogP contribution in [-0.4, -0.2) is 33.7 Å². The molecule has 2 aliphatic rings. The van der Waals surface area contributed by atoms with E-state index in [0.717, 1.165) is 54.0 Å². The molecule has 3 amide bonds. The number of carbonyl (C=O) groups excluding carboxylic acids is 2. The normalized spacial score (nSPS) is 19.3. The van der Waals surface area contributed by atoms with Crippen molar-refractivity contribution in [2.75, 3.05) is 4.90 Å². The number of anilines is 1. The van der Waals surface area contributed by atoms with Gasteiger partial charge in [0.15, 0.2) is 0 Å². The van der Waals surface area contributed by atoms with Gasteiger partial charge in [-0.2, -0.15) is 0 Å². The summed E-state index contributed by atoms with van der Waals surface area (Å²) in [6.07, 6.45) is 2.56. The van der Waals surface area contributed by atoms with Crippen LogP contribution in [0.25, 0.3) is 0 Å². The number of carbonyl (C=O) groups is 2. The molecule has 176 valence electrons. The number of imide groups is 1. The standard InChI is InChI=1S/C24H26F3N3O3/c1-23(2)21(31)30(17-10-12-18(13-11-17)33-24(25,26)27)22(32)29(23)15-20-19(9-6-14-28-20)16-7-4-3-5-8-16/h6,9-14,16H,3-5,7-8,15H2,1-2H3. The minimum absolute atomic E-state index is 0.177. The van der Waals surface area contributed by atoms with Gasteiger partial charge in [0.25, 0.3) is 5.91 Å². The zero-order chi connectivity index (χ0) is 23.8. The maximum absolute atomic E-state index is 13.3. The Bertz CT molecular complexity index is 1030. The first-order valence-corrected chi connectivity index (χ1v) is 11.0. The Morgan fingerprint density at radius 1 is 1.06 bits per heavy atom. The van der Waals surface area contributed by atoms with Crippen LogP contribution in [0.15, 0.2) is 42.6 Å². The van der Waals surface area contributed by atoms with Crippen molar-refractivity contribution in [2.45, 2.75) is 70.3 Å². The number of urea groups is 1. The quantitative estimate of drug-likeness (QED) is 0.530. The van der Waals surface area contributed by atoms with Gasteiger partial charge < -0.3 is 9.64 Å². The van der Waals surface area contributed by atoms with Crippen molar-refractivity contribution in [1.82, 2.24) is 9.88 Å². The predicted octanol–water partition coefficient (Wildman–Crippen LogP) is 5.78. The van der Waals surface area contributed by atoms with Gasteiger partial charge in [0.1, 0.15) is 11.3 Å². The molecule has 1 saturated carbocycles. The largest absolute Gasteiger partial charge is 0.573 e. The van der Waals surface area contributed by atoms with Crippen molar-refractivity contribution in [1.29, 1.82) is 0 Å². The fourth-order valence-corrected chi connectivity index (χ4v) is 4.64. The van der Waals surface area contributed by atoms with Gasteiger partial charge in [-0.15, -0.1) is 13.2 Å². The molecule has 1 aromatic carbocycles. The van der Waals surface area contributed by atoms with E-state index in [4.69, 9.17) is 0 Å². The minimum atomic E-state index is -4.82. The molecule has 1 aliphatic heterocycles. The second-order valence-corrected chi connectivity index (χ2v) is 8.98. The summed E-state index contributed by atoms with van der Waals surface area (Å²) in [6.45, 7) is 3.51. The zero-order valence-electron chi connectivity index (χ0n) is 18.6. The molecular formula is C24H26F3N3O3. The van der Waals surface area contributed by atoms with Crippen LogP contribution in [0.2, 0.25) is 0 Å². The molecule has 6 nitrogen and oxygen atoms in total. The fourth-order valence-electron chi connectivity index (χ4n) is 4.64. The summed E-state index contributed by atoms with van der Waals surface area (Å²) in [6, 6.07) is 8.11. The van der Waals surface area contributed by atoms with Crippen molar-refractivity contribution in [2.24, 2.45) is 0 Å². The number of hydrogen-bond acceptors (Lipinski definition) is 4. The SMILES string of the molecule is CC1(C)C(=O)N(c2ccc(OC(F)(F)F)cc2)C(=O)N1Cc1ncccc1C1CCCCC1. The van der Waals surface area contributed by atoms with Gasteiger partial charge in [-0.05, 0) is 68.5 Å². The van der Waals surface area contributed by atoms with E-state index in [1.165, 1.54) is 23.5 Å². The summed E-state index contributed by atoms with van der Waals surface area (Å²) in [4.78, 5) is 33.5. The van der Waals surface area contributed by atoms with E-state index in [9.17, 15) is 22.8 Å². The summed E-state index contributed by atoms with van der Waals surface area (Å²) in [5, 5.41) is 0. The number of alkyl halides is 3. The molecular weight excluding hydrogens is 435 g/mol. The molecule has 1 saturated heterocycles. The minimum Gasteiger partial charge on any atom is -0.406 e. The van der Waals surface area contributed by atoms with Crippen LogP contribution in [0.1, 0.15) is 63.1 Å². The number of amides is 3. The topological polar surface area (TPSA) is 62.7 Å². The maximum atomic E-state index is 13.3. The smallest absolute Gasteiger partial charge is 0.406 e. The molecule has 4 rings (SSSR count). The van der Waals surface area contributed by atoms with Gasteiger partial charge in [-0.1, -0.05) is 25.3 Å². The van der Waals surface area contributed by atoms with E-state index in [-0.39, 0.29) is 12.2 Å². The highest BCUT2D eigenvalue weighted by Gasteiger charge is 2.52. The van der Waals surface area contributed by atoms with Crippen LogP contribution in [0.3, 0.4) is 0 Å². The number of benzene rings is 1. The lowest BCUT2D eigenvalue weighted by molar-refractivity contribution is -0.274. The van der Waals surface area contributed by atoms with Crippen LogP contribution in [0, 0.1) is 0 Å². The summed E-state index contributed by atoms with van der Waals surface area (Å²) in [7, 11) is 0. The van der Waals surface area contributed by atoms with Gasteiger partial charge >= 0.3 is 12.4 Å². The van der Waals surface area contributed by atoms with Gasteiger partial charge in [0.05, 0.1) is 17.9 Å². The zero-order valence-corrected chi connectivity index (χ0v) is 18.6. The average Bonchev–Trinajstić information content (AvgIpc) is 2.94. The fraction of sp³-hybridized carbons (Fsp3) is 0.458. The molecule has 33 heavy (non-hydrogen) atoms. The maximum Gasteiger partial charge on any atom is 0.573 e. The highest BCUT2D eigenvalue weighted by atomic mass is 19.4. The van der Waals surface area contributed by atoms with Crippen molar-refractivity contribution in [3.8, 4) is 5.75 Å². The molecule has 1 aliphatic carbocycles. The summed E-state index contributed by atoms with van der Waals surface area (Å²) >= 11 is 0. The molecule has 9 heteroatoms. The second kappa shape index (κ2) is 8.68. The first kappa shape index (κ1) is 23.1. The Morgan fingerprint density at radius 2 is 1.73 bits per heavy atom. The van der Waals surface area contributed by atoms with Crippen LogP contribution in [0.4, 0.5) is 23.7 Å². The summed E-state index contributed by atoms with van der Waals surface area (Å²) in [5.41, 5.74) is 0.929. The number of halogens is 3. The Morgan fingerprint density at radius 3 is 2.36 bits per heavy atom. The molecule has 0 unspecified atom stereocenters.